The summed E-state index contributed by atoms with van der Waals surface area (Å²) in [5.41, 5.74) is 0.684. The van der Waals surface area contributed by atoms with Gasteiger partial charge in [0.25, 0.3) is 11.8 Å². The number of nitrogens with zero attached hydrogens (tertiary/aromatic N) is 4. The second kappa shape index (κ2) is 9.52. The summed E-state index contributed by atoms with van der Waals surface area (Å²) in [6.45, 7) is 1.89. The number of aromatic nitrogens is 2. The van der Waals surface area contributed by atoms with Crippen molar-refractivity contribution in [3.05, 3.63) is 64.5 Å². The van der Waals surface area contributed by atoms with E-state index in [-0.39, 0.29) is 29.1 Å². The number of rotatable bonds is 6. The second-order valence-corrected chi connectivity index (χ2v) is 8.03. The number of benzene rings is 1. The van der Waals surface area contributed by atoms with Gasteiger partial charge in [0.15, 0.2) is 5.76 Å². The van der Waals surface area contributed by atoms with Crippen molar-refractivity contribution < 1.29 is 18.8 Å². The summed E-state index contributed by atoms with van der Waals surface area (Å²) in [5, 5.41) is 11.6. The molecule has 3 aromatic rings. The molecule has 31 heavy (non-hydrogen) atoms. The maximum atomic E-state index is 12.5. The fraction of sp³-hybridized carbons (Fsp3) is 0.286. The number of furan rings is 1. The Bertz CT molecular complexity index is 1040. The Morgan fingerprint density at radius 2 is 1.71 bits per heavy atom. The van der Waals surface area contributed by atoms with Crippen LogP contribution in [0.25, 0.3) is 0 Å². The van der Waals surface area contributed by atoms with Gasteiger partial charge in [-0.3, -0.25) is 14.4 Å². The Morgan fingerprint density at radius 1 is 0.968 bits per heavy atom. The van der Waals surface area contributed by atoms with Crippen molar-refractivity contribution in [2.75, 3.05) is 31.5 Å². The number of nitrogens with one attached hydrogen (secondary N) is 1. The largest absolute Gasteiger partial charge is 0.459 e. The van der Waals surface area contributed by atoms with E-state index in [0.29, 0.717) is 49.1 Å². The number of piperazine rings is 1. The first-order chi connectivity index (χ1) is 15.1. The smallest absolute Gasteiger partial charge is 0.289 e. The van der Waals surface area contributed by atoms with Gasteiger partial charge in [-0.15, -0.1) is 10.2 Å². The Hall–Kier alpha value is -3.53. The third kappa shape index (κ3) is 5.15. The highest BCUT2D eigenvalue weighted by atomic mass is 32.1. The molecule has 3 amide bonds. The highest BCUT2D eigenvalue weighted by molar-refractivity contribution is 7.13. The summed E-state index contributed by atoms with van der Waals surface area (Å²) in [7, 11) is 0. The number of carbonyl (C=O) groups excluding carboxylic acids is 3. The second-order valence-electron chi connectivity index (χ2n) is 6.97. The zero-order chi connectivity index (χ0) is 21.6. The van der Waals surface area contributed by atoms with Crippen molar-refractivity contribution in [1.82, 2.24) is 20.0 Å². The first-order valence-corrected chi connectivity index (χ1v) is 10.7. The van der Waals surface area contributed by atoms with Gasteiger partial charge in [-0.2, -0.15) is 0 Å². The van der Waals surface area contributed by atoms with Crippen molar-refractivity contribution >= 4 is 34.7 Å². The summed E-state index contributed by atoms with van der Waals surface area (Å²) in [5.74, 6) is -0.176. The van der Waals surface area contributed by atoms with E-state index in [1.807, 2.05) is 18.2 Å². The monoisotopic (exact) mass is 439 g/mol. The van der Waals surface area contributed by atoms with Gasteiger partial charge in [-0.25, -0.2) is 0 Å². The van der Waals surface area contributed by atoms with E-state index in [2.05, 4.69) is 15.5 Å². The molecule has 0 saturated carbocycles. The molecule has 0 bridgehead atoms. The topological polar surface area (TPSA) is 109 Å². The molecule has 0 atom stereocenters. The third-order valence-corrected chi connectivity index (χ3v) is 5.88. The SMILES string of the molecule is O=C(Nc1ccccc1)c1nnc(CCC(=O)N2CCN(C(=O)c3ccco3)CC2)s1. The summed E-state index contributed by atoms with van der Waals surface area (Å²) in [4.78, 5) is 40.5. The highest BCUT2D eigenvalue weighted by Gasteiger charge is 2.26. The van der Waals surface area contributed by atoms with Crippen molar-refractivity contribution in [3.8, 4) is 0 Å². The van der Waals surface area contributed by atoms with Gasteiger partial charge in [-0.05, 0) is 24.3 Å². The molecule has 0 spiro atoms. The predicted molar refractivity (Wildman–Crippen MR) is 114 cm³/mol. The maximum absolute atomic E-state index is 12.5. The minimum absolute atomic E-state index is 0.00409. The first kappa shape index (κ1) is 20.7. The molecule has 0 aliphatic carbocycles. The van der Waals surface area contributed by atoms with Crippen LogP contribution in [0.4, 0.5) is 5.69 Å². The van der Waals surface area contributed by atoms with E-state index in [1.165, 1.54) is 17.6 Å². The van der Waals surface area contributed by atoms with Gasteiger partial charge in [0.05, 0.1) is 6.26 Å². The van der Waals surface area contributed by atoms with E-state index in [1.54, 1.807) is 34.1 Å². The first-order valence-electron chi connectivity index (χ1n) is 9.89. The summed E-state index contributed by atoms with van der Waals surface area (Å²) in [6, 6.07) is 12.4. The molecule has 10 heteroatoms. The Kier molecular flexibility index (Phi) is 6.37. The lowest BCUT2D eigenvalue weighted by atomic mass is 10.2. The van der Waals surface area contributed by atoms with Crippen LogP contribution in [0.2, 0.25) is 0 Å². The number of amides is 3. The number of aryl methyl sites for hydroxylation is 1. The molecule has 1 fully saturated rings. The normalized spacial score (nSPS) is 13.8. The van der Waals surface area contributed by atoms with E-state index >= 15 is 0 Å². The molecule has 1 aliphatic heterocycles. The van der Waals surface area contributed by atoms with Crippen molar-refractivity contribution in [3.63, 3.8) is 0 Å². The van der Waals surface area contributed by atoms with Crippen LogP contribution in [-0.2, 0) is 11.2 Å². The van der Waals surface area contributed by atoms with Crippen LogP contribution in [0, 0.1) is 0 Å². The number of carbonyl (C=O) groups is 3. The number of hydrogen-bond donors (Lipinski definition) is 1. The molecule has 1 saturated heterocycles. The predicted octanol–water partition coefficient (Wildman–Crippen LogP) is 2.30. The Balaban J connectivity index is 1.23. The fourth-order valence-electron chi connectivity index (χ4n) is 3.24. The third-order valence-electron chi connectivity index (χ3n) is 4.90. The average Bonchev–Trinajstić information content (AvgIpc) is 3.50. The fourth-order valence-corrected chi connectivity index (χ4v) is 3.97. The zero-order valence-corrected chi connectivity index (χ0v) is 17.5. The van der Waals surface area contributed by atoms with Gasteiger partial charge in [0.2, 0.25) is 10.9 Å². The lowest BCUT2D eigenvalue weighted by molar-refractivity contribution is -0.132. The van der Waals surface area contributed by atoms with Gasteiger partial charge in [-0.1, -0.05) is 29.5 Å². The molecule has 1 aromatic carbocycles. The van der Waals surface area contributed by atoms with Crippen LogP contribution >= 0.6 is 11.3 Å². The molecular formula is C21H21N5O4S. The number of anilines is 1. The van der Waals surface area contributed by atoms with Crippen LogP contribution in [0.1, 0.15) is 31.8 Å². The molecule has 160 valence electrons. The summed E-state index contributed by atoms with van der Waals surface area (Å²) >= 11 is 1.18. The molecule has 1 aliphatic rings. The van der Waals surface area contributed by atoms with E-state index < -0.39 is 0 Å². The molecule has 9 nitrogen and oxygen atoms in total. The minimum Gasteiger partial charge on any atom is -0.459 e. The summed E-state index contributed by atoms with van der Waals surface area (Å²) in [6.07, 6.45) is 2.17. The van der Waals surface area contributed by atoms with E-state index in [9.17, 15) is 14.4 Å². The van der Waals surface area contributed by atoms with Gasteiger partial charge in [0, 0.05) is 44.7 Å². The van der Waals surface area contributed by atoms with E-state index in [4.69, 9.17) is 4.42 Å². The van der Waals surface area contributed by atoms with Gasteiger partial charge in [0.1, 0.15) is 5.01 Å². The lowest BCUT2D eigenvalue weighted by Gasteiger charge is -2.34. The molecule has 3 heterocycles. The lowest BCUT2D eigenvalue weighted by Crippen LogP contribution is -2.50. The minimum atomic E-state index is -0.321. The summed E-state index contributed by atoms with van der Waals surface area (Å²) < 4.78 is 5.15. The van der Waals surface area contributed by atoms with Crippen LogP contribution in [0.15, 0.2) is 53.1 Å². The van der Waals surface area contributed by atoms with Gasteiger partial charge >= 0.3 is 0 Å². The number of para-hydroxylation sites is 1. The Labute approximate surface area is 182 Å². The van der Waals surface area contributed by atoms with Crippen LogP contribution in [0.5, 0.6) is 0 Å². The van der Waals surface area contributed by atoms with Crippen molar-refractivity contribution in [2.45, 2.75) is 12.8 Å². The van der Waals surface area contributed by atoms with Crippen molar-refractivity contribution in [1.29, 1.82) is 0 Å². The molecule has 1 N–H and O–H groups in total. The van der Waals surface area contributed by atoms with Crippen LogP contribution < -0.4 is 5.32 Å². The molecule has 0 radical (unpaired) electrons. The molecule has 4 rings (SSSR count). The highest BCUT2D eigenvalue weighted by Crippen LogP contribution is 2.16. The Morgan fingerprint density at radius 3 is 2.42 bits per heavy atom. The zero-order valence-electron chi connectivity index (χ0n) is 16.7. The standard InChI is InChI=1S/C21H21N5O4S/c27-18(25-10-12-26(13-11-25)21(29)16-7-4-14-30-16)9-8-17-23-24-20(31-17)19(28)22-15-5-2-1-3-6-15/h1-7,14H,8-13H2,(H,22,28). The number of hydrogen-bond acceptors (Lipinski definition) is 7. The van der Waals surface area contributed by atoms with Gasteiger partial charge < -0.3 is 19.5 Å². The quantitative estimate of drug-likeness (QED) is 0.631. The maximum Gasteiger partial charge on any atom is 0.289 e. The average molecular weight is 439 g/mol. The van der Waals surface area contributed by atoms with E-state index in [0.717, 1.165) is 0 Å². The molecule has 2 aromatic heterocycles. The van der Waals surface area contributed by atoms with Crippen LogP contribution in [0.3, 0.4) is 0 Å². The van der Waals surface area contributed by atoms with Crippen molar-refractivity contribution in [2.24, 2.45) is 0 Å². The van der Waals surface area contributed by atoms with Crippen LogP contribution in [-0.4, -0.2) is 63.9 Å². The molecular weight excluding hydrogens is 418 g/mol. The molecule has 0 unspecified atom stereocenters.